The van der Waals surface area contributed by atoms with Gasteiger partial charge in [-0.25, -0.2) is 14.6 Å². The molecule has 5 rings (SSSR count). The third kappa shape index (κ3) is 6.73. The van der Waals surface area contributed by atoms with E-state index in [0.29, 0.717) is 5.39 Å². The molecule has 0 atom stereocenters. The van der Waals surface area contributed by atoms with Gasteiger partial charge in [0.15, 0.2) is 0 Å². The molecule has 0 saturated carbocycles. The molecule has 1 saturated heterocycles. The number of nitrogens with zero attached hydrogens (tertiary/aromatic N) is 3. The Morgan fingerprint density at radius 2 is 1.51 bits per heavy atom. The van der Waals surface area contributed by atoms with Gasteiger partial charge in [0.1, 0.15) is 5.52 Å². The molecule has 11 nitrogen and oxygen atoms in total. The molecule has 1 aliphatic heterocycles. The molecule has 0 radical (unpaired) electrons. The maximum atomic E-state index is 12.4. The largest absolute Gasteiger partial charge is 0.490 e. The van der Waals surface area contributed by atoms with Crippen LogP contribution >= 0.6 is 0 Å². The number of carboxylic acids is 2. The summed E-state index contributed by atoms with van der Waals surface area (Å²) in [5.41, 5.74) is 1.55. The standard InChI is InChI=1S/C18H17N5O2.2C2HF3O2/c24-10-3-7-23(8-4-10)18-21-15-12-2-6-20-17(25)14(12)11-1-5-19-9-13(11)16(15)22-18;2*3-2(4,5)1(6)7/h1-2,5-6,9-10,24H,3-4,7-8H2,(H,20,25)(H,21,22);2*(H,6,7). The Hall–Kier alpha value is -4.41. The van der Waals surface area contributed by atoms with Crippen molar-refractivity contribution in [3.8, 4) is 0 Å². The monoisotopic (exact) mass is 563 g/mol. The number of aliphatic carboxylic acids is 2. The quantitative estimate of drug-likeness (QED) is 0.172. The highest BCUT2D eigenvalue weighted by molar-refractivity contribution is 6.23. The van der Waals surface area contributed by atoms with Crippen LogP contribution in [0.4, 0.5) is 32.3 Å². The van der Waals surface area contributed by atoms with Crippen LogP contribution in [0, 0.1) is 0 Å². The normalized spacial score (nSPS) is 14.5. The number of fused-ring (bicyclic) bond motifs is 6. The van der Waals surface area contributed by atoms with Crippen LogP contribution in [-0.2, 0) is 9.59 Å². The number of aliphatic hydroxyl groups is 1. The number of pyridine rings is 2. The van der Waals surface area contributed by atoms with Gasteiger partial charge in [0.25, 0.3) is 5.56 Å². The van der Waals surface area contributed by atoms with Crippen LogP contribution in [0.1, 0.15) is 12.8 Å². The summed E-state index contributed by atoms with van der Waals surface area (Å²) in [6.07, 6.45) is -3.81. The van der Waals surface area contributed by atoms with Crippen molar-refractivity contribution < 1.29 is 51.3 Å². The number of piperidine rings is 1. The number of carbonyl (C=O) groups is 2. The Morgan fingerprint density at radius 3 is 2.05 bits per heavy atom. The van der Waals surface area contributed by atoms with Crippen LogP contribution in [0.2, 0.25) is 0 Å². The fraction of sp³-hybridized carbons (Fsp3) is 0.318. The van der Waals surface area contributed by atoms with Gasteiger partial charge in [-0.3, -0.25) is 9.78 Å². The summed E-state index contributed by atoms with van der Waals surface area (Å²) in [7, 11) is 0. The number of benzene rings is 1. The van der Waals surface area contributed by atoms with E-state index in [1.54, 1.807) is 18.6 Å². The SMILES string of the molecule is O=C(O)C(F)(F)F.O=C(O)C(F)(F)F.O=c1[nH]ccc2c3[nH]c(N4CCC(O)CC4)nc3c3cnccc3c12. The minimum Gasteiger partial charge on any atom is -0.475 e. The van der Waals surface area contributed by atoms with Gasteiger partial charge < -0.3 is 30.2 Å². The number of alkyl halides is 6. The minimum absolute atomic E-state index is 0.118. The van der Waals surface area contributed by atoms with E-state index in [0.717, 1.165) is 59.1 Å². The zero-order chi connectivity index (χ0) is 29.1. The molecule has 1 aromatic carbocycles. The number of rotatable bonds is 1. The molecule has 4 aromatic rings. The Morgan fingerprint density at radius 1 is 0.949 bits per heavy atom. The maximum Gasteiger partial charge on any atom is 0.490 e. The lowest BCUT2D eigenvalue weighted by molar-refractivity contribution is -0.193. The summed E-state index contributed by atoms with van der Waals surface area (Å²) in [5.74, 6) is -4.74. The van der Waals surface area contributed by atoms with E-state index in [4.69, 9.17) is 24.8 Å². The number of aromatic nitrogens is 4. The lowest BCUT2D eigenvalue weighted by atomic mass is 10.0. The second-order valence-corrected chi connectivity index (χ2v) is 8.12. The highest BCUT2D eigenvalue weighted by atomic mass is 19.4. The van der Waals surface area contributed by atoms with Crippen LogP contribution in [0.3, 0.4) is 0 Å². The predicted molar refractivity (Wildman–Crippen MR) is 124 cm³/mol. The van der Waals surface area contributed by atoms with Crippen molar-refractivity contribution in [1.82, 2.24) is 19.9 Å². The molecule has 1 fully saturated rings. The average molecular weight is 563 g/mol. The van der Waals surface area contributed by atoms with Crippen molar-refractivity contribution in [2.24, 2.45) is 0 Å². The number of nitrogens with one attached hydrogen (secondary N) is 2. The average Bonchev–Trinajstić information content (AvgIpc) is 3.30. The van der Waals surface area contributed by atoms with Crippen LogP contribution in [0.5, 0.6) is 0 Å². The summed E-state index contributed by atoms with van der Waals surface area (Å²) >= 11 is 0. The first-order chi connectivity index (χ1) is 18.1. The molecule has 4 heterocycles. The number of carboxylic acid groups (broad SMARTS) is 2. The third-order valence-electron chi connectivity index (χ3n) is 5.52. The number of hydrogen-bond acceptors (Lipinski definition) is 7. The van der Waals surface area contributed by atoms with Crippen molar-refractivity contribution in [3.05, 3.63) is 41.1 Å². The van der Waals surface area contributed by atoms with Gasteiger partial charge in [0.05, 0.1) is 17.0 Å². The molecule has 3 aromatic heterocycles. The van der Waals surface area contributed by atoms with Gasteiger partial charge in [0.2, 0.25) is 5.95 Å². The van der Waals surface area contributed by atoms with Crippen LogP contribution in [-0.4, -0.2) is 78.7 Å². The van der Waals surface area contributed by atoms with Gasteiger partial charge >= 0.3 is 24.3 Å². The number of aromatic amines is 2. The molecule has 0 aliphatic carbocycles. The van der Waals surface area contributed by atoms with E-state index in [9.17, 15) is 36.2 Å². The van der Waals surface area contributed by atoms with Gasteiger partial charge in [-0.15, -0.1) is 0 Å². The summed E-state index contributed by atoms with van der Waals surface area (Å²) in [6, 6.07) is 3.76. The van der Waals surface area contributed by atoms with E-state index in [1.165, 1.54) is 0 Å². The highest BCUT2D eigenvalue weighted by Crippen LogP contribution is 2.33. The van der Waals surface area contributed by atoms with E-state index in [1.807, 2.05) is 12.1 Å². The molecule has 0 bridgehead atoms. The first kappa shape index (κ1) is 29.2. The summed E-state index contributed by atoms with van der Waals surface area (Å²) in [4.78, 5) is 47.5. The number of halogens is 6. The topological polar surface area (TPSA) is 172 Å². The second-order valence-electron chi connectivity index (χ2n) is 8.12. The molecule has 0 unspecified atom stereocenters. The number of anilines is 1. The van der Waals surface area contributed by atoms with Crippen molar-refractivity contribution in [2.45, 2.75) is 31.3 Å². The Balaban J connectivity index is 0.000000251. The van der Waals surface area contributed by atoms with Gasteiger partial charge in [0, 0.05) is 47.8 Å². The van der Waals surface area contributed by atoms with E-state index in [2.05, 4.69) is 19.9 Å². The van der Waals surface area contributed by atoms with E-state index >= 15 is 0 Å². The zero-order valence-electron chi connectivity index (χ0n) is 19.5. The van der Waals surface area contributed by atoms with Crippen LogP contribution in [0.15, 0.2) is 35.5 Å². The van der Waals surface area contributed by atoms with Gasteiger partial charge in [-0.05, 0) is 25.0 Å². The molecule has 39 heavy (non-hydrogen) atoms. The lowest BCUT2D eigenvalue weighted by Crippen LogP contribution is -2.36. The first-order valence-electron chi connectivity index (χ1n) is 10.9. The van der Waals surface area contributed by atoms with Crippen molar-refractivity contribution in [3.63, 3.8) is 0 Å². The highest BCUT2D eigenvalue weighted by Gasteiger charge is 2.38. The lowest BCUT2D eigenvalue weighted by Gasteiger charge is -2.29. The number of hydrogen-bond donors (Lipinski definition) is 5. The van der Waals surface area contributed by atoms with Crippen molar-refractivity contribution in [1.29, 1.82) is 0 Å². The number of imidazole rings is 1. The van der Waals surface area contributed by atoms with Crippen LogP contribution in [0.25, 0.3) is 32.6 Å². The first-order valence-corrected chi connectivity index (χ1v) is 10.9. The summed E-state index contributed by atoms with van der Waals surface area (Å²) in [5, 5.41) is 27.2. The Bertz CT molecular complexity index is 1530. The fourth-order valence-electron chi connectivity index (χ4n) is 3.73. The maximum absolute atomic E-state index is 12.4. The number of H-pyrrole nitrogens is 2. The number of aliphatic hydroxyl groups excluding tert-OH is 1. The third-order valence-corrected chi connectivity index (χ3v) is 5.52. The molecule has 0 amide bonds. The molecule has 0 spiro atoms. The van der Waals surface area contributed by atoms with Crippen molar-refractivity contribution in [2.75, 3.05) is 18.0 Å². The molecule has 1 aliphatic rings. The van der Waals surface area contributed by atoms with E-state index < -0.39 is 24.3 Å². The molecular weight excluding hydrogens is 544 g/mol. The zero-order valence-corrected chi connectivity index (χ0v) is 19.5. The Kier molecular flexibility index (Phi) is 8.33. The van der Waals surface area contributed by atoms with E-state index in [-0.39, 0.29) is 11.7 Å². The second kappa shape index (κ2) is 11.1. The predicted octanol–water partition coefficient (Wildman–Crippen LogP) is 3.18. The molecular formula is C22H19F6N5O6. The molecule has 17 heteroatoms. The molecule has 210 valence electrons. The minimum atomic E-state index is -5.08. The van der Waals surface area contributed by atoms with Gasteiger partial charge in [-0.2, -0.15) is 26.3 Å². The summed E-state index contributed by atoms with van der Waals surface area (Å²) in [6.45, 7) is 1.52. The van der Waals surface area contributed by atoms with Crippen LogP contribution < -0.4 is 10.5 Å². The Labute approximate surface area is 212 Å². The smallest absolute Gasteiger partial charge is 0.475 e. The van der Waals surface area contributed by atoms with Crippen molar-refractivity contribution >= 4 is 50.5 Å². The molecule has 5 N–H and O–H groups in total. The van der Waals surface area contributed by atoms with Gasteiger partial charge in [-0.1, -0.05) is 0 Å². The fourth-order valence-corrected chi connectivity index (χ4v) is 3.73. The summed E-state index contributed by atoms with van der Waals surface area (Å²) < 4.78 is 63.5.